The SMILES string of the molecule is CSc1nc(SC)c2c(C#N)nn([C@@H]3C[C@@H](OC(=O)c4ccc(C)cc4)[C@@H](COC(=O)c4ccc(C)cc4)O3)c2n1. The number of hydrogen-bond acceptors (Lipinski definition) is 11. The van der Waals surface area contributed by atoms with E-state index in [0.717, 1.165) is 11.1 Å². The summed E-state index contributed by atoms with van der Waals surface area (Å²) >= 11 is 2.77. The normalized spacial score (nSPS) is 18.3. The van der Waals surface area contributed by atoms with Crippen LogP contribution in [0.1, 0.15) is 50.2 Å². The fourth-order valence-electron chi connectivity index (χ4n) is 4.46. The zero-order valence-corrected chi connectivity index (χ0v) is 24.5. The van der Waals surface area contributed by atoms with E-state index in [1.165, 1.54) is 28.2 Å². The van der Waals surface area contributed by atoms with Crippen molar-refractivity contribution in [2.45, 2.75) is 48.9 Å². The number of fused-ring (bicyclic) bond motifs is 1. The van der Waals surface area contributed by atoms with Crippen molar-refractivity contribution in [3.8, 4) is 6.07 Å². The Labute approximate surface area is 245 Å². The summed E-state index contributed by atoms with van der Waals surface area (Å²) in [4.78, 5) is 34.9. The molecule has 41 heavy (non-hydrogen) atoms. The summed E-state index contributed by atoms with van der Waals surface area (Å²) in [6.45, 7) is 3.71. The number of rotatable bonds is 8. The summed E-state index contributed by atoms with van der Waals surface area (Å²) in [5.74, 6) is -1.03. The van der Waals surface area contributed by atoms with Crippen LogP contribution in [-0.2, 0) is 14.2 Å². The third-order valence-electron chi connectivity index (χ3n) is 6.64. The van der Waals surface area contributed by atoms with Gasteiger partial charge in [0, 0.05) is 6.42 Å². The van der Waals surface area contributed by atoms with Gasteiger partial charge >= 0.3 is 11.9 Å². The van der Waals surface area contributed by atoms with E-state index in [9.17, 15) is 14.9 Å². The minimum absolute atomic E-state index is 0.152. The second kappa shape index (κ2) is 12.3. The maximum Gasteiger partial charge on any atom is 0.338 e. The molecule has 0 radical (unpaired) electrons. The Morgan fingerprint density at radius 2 is 1.63 bits per heavy atom. The van der Waals surface area contributed by atoms with Crippen molar-refractivity contribution in [2.24, 2.45) is 0 Å². The summed E-state index contributed by atoms with van der Waals surface area (Å²) in [7, 11) is 0. The molecule has 3 heterocycles. The number of benzene rings is 2. The lowest BCUT2D eigenvalue weighted by Crippen LogP contribution is -2.32. The molecule has 210 valence electrons. The molecule has 1 aliphatic heterocycles. The number of aromatic nitrogens is 4. The molecule has 0 saturated carbocycles. The minimum atomic E-state index is -0.782. The molecule has 5 rings (SSSR count). The molecule has 0 unspecified atom stereocenters. The standard InChI is InChI=1S/C29H27N5O5S2/c1-16-5-9-18(10-6-16)27(35)37-15-22-21(39-28(36)19-11-7-17(2)8-12-19)13-23(38-22)34-25-24(20(14-30)33-34)26(40-3)32-29(31-25)41-4/h5-12,21-23H,13,15H2,1-4H3/t21-,22-,23+/m1/s1. The lowest BCUT2D eigenvalue weighted by Gasteiger charge is -2.19. The van der Waals surface area contributed by atoms with Crippen molar-refractivity contribution >= 4 is 46.5 Å². The summed E-state index contributed by atoms with van der Waals surface area (Å²) in [5, 5.41) is 16.0. The second-order valence-corrected chi connectivity index (χ2v) is 11.0. The molecule has 1 fully saturated rings. The van der Waals surface area contributed by atoms with Crippen molar-refractivity contribution in [3.63, 3.8) is 0 Å². The minimum Gasteiger partial charge on any atom is -0.459 e. The van der Waals surface area contributed by atoms with Crippen LogP contribution in [0, 0.1) is 25.2 Å². The van der Waals surface area contributed by atoms with Crippen LogP contribution in [0.5, 0.6) is 0 Å². The molecule has 2 aromatic carbocycles. The molecule has 2 aromatic heterocycles. The average Bonchev–Trinajstić information content (AvgIpc) is 3.56. The molecule has 3 atom stereocenters. The van der Waals surface area contributed by atoms with Gasteiger partial charge in [-0.2, -0.15) is 10.4 Å². The highest BCUT2D eigenvalue weighted by Gasteiger charge is 2.41. The van der Waals surface area contributed by atoms with Gasteiger partial charge in [-0.25, -0.2) is 24.2 Å². The third-order valence-corrected chi connectivity index (χ3v) is 7.87. The lowest BCUT2D eigenvalue weighted by atomic mass is 10.1. The number of nitrogens with zero attached hydrogens (tertiary/aromatic N) is 5. The number of ether oxygens (including phenoxy) is 3. The summed E-state index contributed by atoms with van der Waals surface area (Å²) < 4.78 is 19.3. The van der Waals surface area contributed by atoms with Gasteiger partial charge in [0.05, 0.1) is 16.5 Å². The van der Waals surface area contributed by atoms with Crippen molar-refractivity contribution < 1.29 is 23.8 Å². The van der Waals surface area contributed by atoms with E-state index in [-0.39, 0.29) is 18.7 Å². The first-order valence-corrected chi connectivity index (χ1v) is 15.2. The number of carbonyl (C=O) groups is 2. The van der Waals surface area contributed by atoms with Gasteiger partial charge < -0.3 is 14.2 Å². The number of thioether (sulfide) groups is 2. The molecule has 0 N–H and O–H groups in total. The second-order valence-electron chi connectivity index (χ2n) is 9.46. The van der Waals surface area contributed by atoms with E-state index in [1.54, 1.807) is 24.3 Å². The molecule has 0 aliphatic carbocycles. The fraction of sp³-hybridized carbons (Fsp3) is 0.310. The largest absolute Gasteiger partial charge is 0.459 e. The van der Waals surface area contributed by atoms with Crippen molar-refractivity contribution in [2.75, 3.05) is 19.1 Å². The maximum atomic E-state index is 13.0. The van der Waals surface area contributed by atoms with E-state index in [4.69, 9.17) is 14.2 Å². The Kier molecular flexibility index (Phi) is 8.58. The fourth-order valence-corrected chi connectivity index (χ4v) is 5.44. The molecular formula is C29H27N5O5S2. The number of nitriles is 1. The molecule has 0 bridgehead atoms. The Morgan fingerprint density at radius 1 is 1.00 bits per heavy atom. The summed E-state index contributed by atoms with van der Waals surface area (Å²) in [6.07, 6.45) is 1.66. The van der Waals surface area contributed by atoms with Gasteiger partial charge in [-0.1, -0.05) is 47.2 Å². The molecule has 1 aliphatic rings. The van der Waals surface area contributed by atoms with Gasteiger partial charge in [-0.05, 0) is 50.6 Å². The smallest absolute Gasteiger partial charge is 0.338 e. The molecule has 10 nitrogen and oxygen atoms in total. The van der Waals surface area contributed by atoms with E-state index in [2.05, 4.69) is 21.1 Å². The number of esters is 2. The van der Waals surface area contributed by atoms with Crippen LogP contribution >= 0.6 is 23.5 Å². The van der Waals surface area contributed by atoms with Crippen LogP contribution in [0.3, 0.4) is 0 Å². The van der Waals surface area contributed by atoms with Crippen molar-refractivity contribution in [1.29, 1.82) is 5.26 Å². The molecular weight excluding hydrogens is 562 g/mol. The monoisotopic (exact) mass is 589 g/mol. The first-order valence-electron chi connectivity index (χ1n) is 12.8. The van der Waals surface area contributed by atoms with Crippen LogP contribution in [-0.4, -0.2) is 63.0 Å². The molecule has 12 heteroatoms. The Bertz CT molecular complexity index is 1630. The Hall–Kier alpha value is -3.92. The van der Waals surface area contributed by atoms with Crippen LogP contribution < -0.4 is 0 Å². The quantitative estimate of drug-likeness (QED) is 0.117. The average molecular weight is 590 g/mol. The molecule has 4 aromatic rings. The summed E-state index contributed by atoms with van der Waals surface area (Å²) in [6, 6.07) is 16.2. The number of hydrogen-bond donors (Lipinski definition) is 0. The van der Waals surface area contributed by atoms with Gasteiger partial charge in [0.1, 0.15) is 29.9 Å². The highest BCUT2D eigenvalue weighted by molar-refractivity contribution is 7.99. The highest BCUT2D eigenvalue weighted by atomic mass is 32.2. The van der Waals surface area contributed by atoms with Gasteiger partial charge in [0.2, 0.25) is 0 Å². The summed E-state index contributed by atoms with van der Waals surface area (Å²) in [5.41, 5.74) is 3.45. The van der Waals surface area contributed by atoms with E-state index in [0.29, 0.717) is 32.3 Å². The van der Waals surface area contributed by atoms with Crippen LogP contribution in [0.25, 0.3) is 11.0 Å². The van der Waals surface area contributed by atoms with Crippen LogP contribution in [0.15, 0.2) is 58.7 Å². The van der Waals surface area contributed by atoms with Gasteiger partial charge in [-0.15, -0.1) is 11.8 Å². The predicted octanol–water partition coefficient (Wildman–Crippen LogP) is 5.13. The van der Waals surface area contributed by atoms with Gasteiger partial charge in [-0.3, -0.25) is 0 Å². The van der Waals surface area contributed by atoms with E-state index >= 15 is 0 Å². The molecule has 0 amide bonds. The Morgan fingerprint density at radius 3 is 2.22 bits per heavy atom. The van der Waals surface area contributed by atoms with E-state index in [1.807, 2.05) is 50.6 Å². The van der Waals surface area contributed by atoms with Crippen LogP contribution in [0.4, 0.5) is 0 Å². The third kappa shape index (κ3) is 6.07. The lowest BCUT2D eigenvalue weighted by molar-refractivity contribution is -0.0590. The van der Waals surface area contributed by atoms with E-state index < -0.39 is 30.4 Å². The van der Waals surface area contributed by atoms with Crippen molar-refractivity contribution in [3.05, 3.63) is 76.5 Å². The van der Waals surface area contributed by atoms with Gasteiger partial charge in [0.15, 0.2) is 22.7 Å². The molecule has 1 saturated heterocycles. The Balaban J connectivity index is 1.44. The topological polar surface area (TPSA) is 129 Å². The predicted molar refractivity (Wildman–Crippen MR) is 154 cm³/mol. The maximum absolute atomic E-state index is 13.0. The first-order chi connectivity index (χ1) is 19.8. The first kappa shape index (κ1) is 28.6. The van der Waals surface area contributed by atoms with Crippen LogP contribution in [0.2, 0.25) is 0 Å². The van der Waals surface area contributed by atoms with Gasteiger partial charge in [0.25, 0.3) is 0 Å². The molecule has 0 spiro atoms. The zero-order valence-electron chi connectivity index (χ0n) is 22.9. The highest BCUT2D eigenvalue weighted by Crippen LogP contribution is 2.36. The number of aryl methyl sites for hydroxylation is 2. The van der Waals surface area contributed by atoms with Crippen molar-refractivity contribution in [1.82, 2.24) is 19.7 Å². The number of carbonyl (C=O) groups excluding carboxylic acids is 2. The zero-order chi connectivity index (χ0) is 29.1.